The van der Waals surface area contributed by atoms with Gasteiger partial charge >= 0.3 is 5.97 Å². The smallest absolute Gasteiger partial charge is 0.298 e. The number of Topliss-reactive ketones (excluding diaryl/α,β-unsaturated/α-hetero) is 1. The molecule has 0 aromatic rings. The number of halogens is 1. The van der Waals surface area contributed by atoms with E-state index in [1.807, 2.05) is 20.8 Å². The van der Waals surface area contributed by atoms with Crippen LogP contribution in [-0.4, -0.2) is 11.8 Å². The Morgan fingerprint density at radius 3 is 1.86 bits per heavy atom. The fraction of sp³-hybridized carbons (Fsp3) is 0.800. The lowest BCUT2D eigenvalue weighted by Crippen LogP contribution is -2.31. The van der Waals surface area contributed by atoms with Crippen LogP contribution in [0.25, 0.3) is 0 Å². The normalized spacial score (nSPS) is 11.1. The maximum absolute atomic E-state index is 11.7. The van der Waals surface area contributed by atoms with Gasteiger partial charge in [0.2, 0.25) is 0 Å². The molecule has 0 spiro atoms. The monoisotopic (exact) mass is 204 g/mol. The molecule has 4 heteroatoms. The molecule has 0 heterocycles. The van der Waals surface area contributed by atoms with Gasteiger partial charge in [-0.05, 0) is 19.3 Å². The van der Waals surface area contributed by atoms with Crippen molar-refractivity contribution in [1.82, 2.24) is 0 Å². The molecule has 0 aromatic carbocycles. The summed E-state index contributed by atoms with van der Waals surface area (Å²) in [5.74, 6) is -1.33. The van der Waals surface area contributed by atoms with E-state index < -0.39 is 17.8 Å². The van der Waals surface area contributed by atoms with Gasteiger partial charge < -0.3 is 0 Å². The molecule has 0 N–H and O–H groups in total. The van der Waals surface area contributed by atoms with Crippen molar-refractivity contribution >= 4 is 11.8 Å². The third-order valence-corrected chi connectivity index (χ3v) is 3.01. The van der Waals surface area contributed by atoms with Crippen LogP contribution in [0.15, 0.2) is 0 Å². The van der Waals surface area contributed by atoms with E-state index in [0.717, 1.165) is 0 Å². The molecule has 0 unspecified atom stereocenters. The van der Waals surface area contributed by atoms with Gasteiger partial charge in [0.05, 0.1) is 0 Å². The molecule has 0 rings (SSSR count). The molecule has 0 bridgehead atoms. The standard InChI is InChI=1S/C10H17FO3/c1-4-10(5-2,6-3)8(12)7-9(13)14-11/h4-7H2,1-3H3. The van der Waals surface area contributed by atoms with Crippen LogP contribution in [0.3, 0.4) is 0 Å². The number of carbonyl (C=O) groups excluding carboxylic acids is 2. The van der Waals surface area contributed by atoms with E-state index in [1.54, 1.807) is 0 Å². The molecule has 0 saturated carbocycles. The van der Waals surface area contributed by atoms with Crippen molar-refractivity contribution < 1.29 is 19.1 Å². The first-order valence-electron chi connectivity index (χ1n) is 4.91. The Hall–Kier alpha value is -0.930. The first-order valence-corrected chi connectivity index (χ1v) is 4.91. The average Bonchev–Trinajstić information content (AvgIpc) is 2.21. The quantitative estimate of drug-likeness (QED) is 0.624. The lowest BCUT2D eigenvalue weighted by Gasteiger charge is -2.27. The van der Waals surface area contributed by atoms with Crippen LogP contribution in [0.5, 0.6) is 0 Å². The van der Waals surface area contributed by atoms with E-state index in [1.165, 1.54) is 0 Å². The predicted molar refractivity (Wildman–Crippen MR) is 50.1 cm³/mol. The van der Waals surface area contributed by atoms with Crippen LogP contribution >= 0.6 is 0 Å². The van der Waals surface area contributed by atoms with Crippen LogP contribution in [-0.2, 0) is 14.5 Å². The number of hydrogen-bond donors (Lipinski definition) is 0. The van der Waals surface area contributed by atoms with E-state index in [-0.39, 0.29) is 5.78 Å². The number of hydrogen-bond acceptors (Lipinski definition) is 3. The van der Waals surface area contributed by atoms with Gasteiger partial charge in [0, 0.05) is 9.94 Å². The molecule has 0 aliphatic carbocycles. The summed E-state index contributed by atoms with van der Waals surface area (Å²) in [6, 6.07) is 0. The second-order valence-corrected chi connectivity index (χ2v) is 3.39. The molecule has 0 aliphatic rings. The Kier molecular flexibility index (Phi) is 5.35. The Labute approximate surface area is 83.5 Å². The Balaban J connectivity index is 4.52. The van der Waals surface area contributed by atoms with Crippen LogP contribution < -0.4 is 0 Å². The summed E-state index contributed by atoms with van der Waals surface area (Å²) in [4.78, 5) is 25.2. The van der Waals surface area contributed by atoms with Gasteiger partial charge in [0.15, 0.2) is 0 Å². The minimum absolute atomic E-state index is 0.229. The highest BCUT2D eigenvalue weighted by Gasteiger charge is 2.34. The molecular formula is C10H17FO3. The summed E-state index contributed by atoms with van der Waals surface area (Å²) >= 11 is 0. The maximum Gasteiger partial charge on any atom is 0.356 e. The SMILES string of the molecule is CCC(CC)(CC)C(=O)CC(=O)OF. The number of carbonyl (C=O) groups is 2. The molecule has 14 heavy (non-hydrogen) atoms. The van der Waals surface area contributed by atoms with Crippen LogP contribution in [0, 0.1) is 5.41 Å². The Morgan fingerprint density at radius 1 is 1.14 bits per heavy atom. The fourth-order valence-corrected chi connectivity index (χ4v) is 1.69. The molecule has 0 aromatic heterocycles. The van der Waals surface area contributed by atoms with Gasteiger partial charge in [-0.25, -0.2) is 4.79 Å². The summed E-state index contributed by atoms with van der Waals surface area (Å²) in [5, 5.41) is 0. The fourth-order valence-electron chi connectivity index (χ4n) is 1.69. The van der Waals surface area contributed by atoms with Gasteiger partial charge in [-0.3, -0.25) is 9.74 Å². The first kappa shape index (κ1) is 13.1. The predicted octanol–water partition coefficient (Wildman–Crippen LogP) is 2.59. The highest BCUT2D eigenvalue weighted by molar-refractivity contribution is 5.98. The zero-order chi connectivity index (χ0) is 11.2. The Morgan fingerprint density at radius 2 is 1.57 bits per heavy atom. The molecule has 82 valence electrons. The molecule has 0 saturated heterocycles. The highest BCUT2D eigenvalue weighted by atomic mass is 19.3. The zero-order valence-electron chi connectivity index (χ0n) is 8.93. The van der Waals surface area contributed by atoms with Crippen molar-refractivity contribution in [3.63, 3.8) is 0 Å². The molecular weight excluding hydrogens is 187 g/mol. The molecule has 0 radical (unpaired) electrons. The third kappa shape index (κ3) is 2.79. The highest BCUT2D eigenvalue weighted by Crippen LogP contribution is 2.32. The maximum atomic E-state index is 11.7. The van der Waals surface area contributed by atoms with Crippen molar-refractivity contribution in [2.45, 2.75) is 46.5 Å². The summed E-state index contributed by atoms with van der Waals surface area (Å²) < 4.78 is 11.4. The minimum Gasteiger partial charge on any atom is -0.298 e. The summed E-state index contributed by atoms with van der Waals surface area (Å²) in [7, 11) is 0. The molecule has 0 fully saturated rings. The van der Waals surface area contributed by atoms with Crippen molar-refractivity contribution in [1.29, 1.82) is 0 Å². The summed E-state index contributed by atoms with van der Waals surface area (Å²) in [6.45, 7) is 5.68. The van der Waals surface area contributed by atoms with Gasteiger partial charge in [-0.2, -0.15) is 0 Å². The molecule has 0 atom stereocenters. The van der Waals surface area contributed by atoms with Gasteiger partial charge in [-0.15, -0.1) is 0 Å². The van der Waals surface area contributed by atoms with E-state index in [0.29, 0.717) is 19.3 Å². The minimum atomic E-state index is -1.10. The second-order valence-electron chi connectivity index (χ2n) is 3.39. The molecule has 3 nitrogen and oxygen atoms in total. The van der Waals surface area contributed by atoms with Crippen LogP contribution in [0.4, 0.5) is 4.53 Å². The number of rotatable bonds is 6. The summed E-state index contributed by atoms with van der Waals surface area (Å²) in [5.41, 5.74) is -0.492. The van der Waals surface area contributed by atoms with Crippen molar-refractivity contribution in [3.8, 4) is 0 Å². The topological polar surface area (TPSA) is 43.4 Å². The molecule has 0 aliphatic heterocycles. The van der Waals surface area contributed by atoms with Crippen molar-refractivity contribution in [3.05, 3.63) is 0 Å². The lowest BCUT2D eigenvalue weighted by atomic mass is 9.75. The van der Waals surface area contributed by atoms with Gasteiger partial charge in [-0.1, -0.05) is 20.8 Å². The van der Waals surface area contributed by atoms with E-state index in [2.05, 4.69) is 4.94 Å². The van der Waals surface area contributed by atoms with Gasteiger partial charge in [0.25, 0.3) is 0 Å². The largest absolute Gasteiger partial charge is 0.356 e. The van der Waals surface area contributed by atoms with Crippen molar-refractivity contribution in [2.24, 2.45) is 5.41 Å². The average molecular weight is 204 g/mol. The lowest BCUT2D eigenvalue weighted by molar-refractivity contribution is -0.184. The van der Waals surface area contributed by atoms with E-state index in [4.69, 9.17) is 0 Å². The third-order valence-electron chi connectivity index (χ3n) is 3.01. The van der Waals surface area contributed by atoms with Gasteiger partial charge in [0.1, 0.15) is 12.2 Å². The van der Waals surface area contributed by atoms with Crippen molar-refractivity contribution in [2.75, 3.05) is 0 Å². The second kappa shape index (κ2) is 5.73. The van der Waals surface area contributed by atoms with E-state index >= 15 is 0 Å². The zero-order valence-corrected chi connectivity index (χ0v) is 8.93. The summed E-state index contributed by atoms with van der Waals surface area (Å²) in [6.07, 6.45) is 1.53. The van der Waals surface area contributed by atoms with Crippen LogP contribution in [0.2, 0.25) is 0 Å². The van der Waals surface area contributed by atoms with Crippen LogP contribution in [0.1, 0.15) is 46.5 Å². The number of ketones is 1. The van der Waals surface area contributed by atoms with E-state index in [9.17, 15) is 14.1 Å². The Bertz CT molecular complexity index is 201. The molecule has 0 amide bonds. The first-order chi connectivity index (χ1) is 6.56.